The minimum Gasteiger partial charge on any atom is -0.207 e. The second-order valence-corrected chi connectivity index (χ2v) is 6.81. The molecule has 18 heavy (non-hydrogen) atoms. The van der Waals surface area contributed by atoms with Crippen LogP contribution in [0.4, 0.5) is 4.39 Å². The molecule has 0 spiro atoms. The lowest BCUT2D eigenvalue weighted by atomic mass is 9.77. The van der Waals surface area contributed by atoms with E-state index in [9.17, 15) is 4.39 Å². The summed E-state index contributed by atoms with van der Waals surface area (Å²) in [5.74, 6) is 0.324. The molecule has 0 radical (unpaired) electrons. The van der Waals surface area contributed by atoms with Crippen LogP contribution in [0, 0.1) is 31.0 Å². The Bertz CT molecular complexity index is 427. The average Bonchev–Trinajstić information content (AvgIpc) is 2.56. The third-order valence-electron chi connectivity index (χ3n) is 4.53. The van der Waals surface area contributed by atoms with E-state index in [1.54, 1.807) is 12.1 Å². The van der Waals surface area contributed by atoms with Gasteiger partial charge in [0.1, 0.15) is 5.82 Å². The summed E-state index contributed by atoms with van der Waals surface area (Å²) in [4.78, 5) is 0. The molecule has 0 aliphatic heterocycles. The SMILES string of the molecule is Cc1cc(F)cc(C)c1C(Cl)C1CCCC1(C)C. The fraction of sp³-hybridized carbons (Fsp3) is 0.625. The van der Waals surface area contributed by atoms with E-state index in [1.165, 1.54) is 19.3 Å². The molecule has 1 saturated carbocycles. The van der Waals surface area contributed by atoms with Gasteiger partial charge in [-0.15, -0.1) is 11.6 Å². The van der Waals surface area contributed by atoms with E-state index < -0.39 is 0 Å². The zero-order valence-corrected chi connectivity index (χ0v) is 12.4. The van der Waals surface area contributed by atoms with Crippen LogP contribution < -0.4 is 0 Å². The molecule has 0 aromatic heterocycles. The van der Waals surface area contributed by atoms with Crippen molar-refractivity contribution in [3.63, 3.8) is 0 Å². The number of rotatable bonds is 2. The lowest BCUT2D eigenvalue weighted by Crippen LogP contribution is -2.22. The lowest BCUT2D eigenvalue weighted by molar-refractivity contribution is 0.251. The van der Waals surface area contributed by atoms with Gasteiger partial charge in [0.25, 0.3) is 0 Å². The fourth-order valence-corrected chi connectivity index (χ4v) is 4.27. The Hall–Kier alpha value is -0.560. The van der Waals surface area contributed by atoms with Crippen molar-refractivity contribution in [1.29, 1.82) is 0 Å². The largest absolute Gasteiger partial charge is 0.207 e. The van der Waals surface area contributed by atoms with Crippen LogP contribution in [0.1, 0.15) is 55.2 Å². The molecule has 2 unspecified atom stereocenters. The molecule has 0 saturated heterocycles. The molecule has 0 amide bonds. The molecule has 0 heterocycles. The van der Waals surface area contributed by atoms with Gasteiger partial charge >= 0.3 is 0 Å². The van der Waals surface area contributed by atoms with Crippen LogP contribution in [0.5, 0.6) is 0 Å². The third kappa shape index (κ3) is 2.42. The first kappa shape index (κ1) is 13.9. The highest BCUT2D eigenvalue weighted by Crippen LogP contribution is 2.52. The van der Waals surface area contributed by atoms with E-state index in [2.05, 4.69) is 13.8 Å². The molecule has 100 valence electrons. The first-order valence-corrected chi connectivity index (χ1v) is 7.17. The second-order valence-electron chi connectivity index (χ2n) is 6.34. The van der Waals surface area contributed by atoms with Gasteiger partial charge < -0.3 is 0 Å². The predicted molar refractivity (Wildman–Crippen MR) is 75.6 cm³/mol. The Morgan fingerprint density at radius 3 is 2.28 bits per heavy atom. The number of benzene rings is 1. The fourth-order valence-electron chi connectivity index (χ4n) is 3.45. The predicted octanol–water partition coefficient (Wildman–Crippen LogP) is 5.55. The first-order valence-electron chi connectivity index (χ1n) is 6.73. The van der Waals surface area contributed by atoms with E-state index in [1.807, 2.05) is 13.8 Å². The van der Waals surface area contributed by atoms with Crippen molar-refractivity contribution in [2.75, 3.05) is 0 Å². The number of hydrogen-bond acceptors (Lipinski definition) is 0. The smallest absolute Gasteiger partial charge is 0.123 e. The van der Waals surface area contributed by atoms with Crippen LogP contribution >= 0.6 is 11.6 Å². The highest BCUT2D eigenvalue weighted by molar-refractivity contribution is 6.21. The number of halogens is 2. The van der Waals surface area contributed by atoms with Crippen LogP contribution in [-0.4, -0.2) is 0 Å². The molecule has 0 N–H and O–H groups in total. The summed E-state index contributed by atoms with van der Waals surface area (Å²) >= 11 is 6.74. The van der Waals surface area contributed by atoms with E-state index in [4.69, 9.17) is 11.6 Å². The van der Waals surface area contributed by atoms with Gasteiger partial charge in [-0.25, -0.2) is 4.39 Å². The van der Waals surface area contributed by atoms with E-state index in [-0.39, 0.29) is 11.2 Å². The van der Waals surface area contributed by atoms with Crippen LogP contribution in [0.25, 0.3) is 0 Å². The monoisotopic (exact) mass is 268 g/mol. The van der Waals surface area contributed by atoms with Crippen molar-refractivity contribution >= 4 is 11.6 Å². The number of alkyl halides is 1. The molecule has 1 aromatic rings. The maximum absolute atomic E-state index is 13.4. The molecular weight excluding hydrogens is 247 g/mol. The summed E-state index contributed by atoms with van der Waals surface area (Å²) in [7, 11) is 0. The average molecular weight is 269 g/mol. The quantitative estimate of drug-likeness (QED) is 0.617. The van der Waals surface area contributed by atoms with Crippen molar-refractivity contribution in [2.45, 2.75) is 52.3 Å². The molecule has 1 aliphatic carbocycles. The molecule has 0 bridgehead atoms. The Morgan fingerprint density at radius 2 is 1.83 bits per heavy atom. The van der Waals surface area contributed by atoms with Gasteiger partial charge in [-0.2, -0.15) is 0 Å². The Morgan fingerprint density at radius 1 is 1.28 bits per heavy atom. The molecular formula is C16H22ClF. The Balaban J connectivity index is 2.37. The standard InChI is InChI=1S/C16H22ClF/c1-10-8-12(18)9-11(2)14(10)15(17)13-6-5-7-16(13,3)4/h8-9,13,15H,5-7H2,1-4H3. The van der Waals surface area contributed by atoms with E-state index in [0.29, 0.717) is 11.3 Å². The summed E-state index contributed by atoms with van der Waals surface area (Å²) in [5.41, 5.74) is 3.39. The van der Waals surface area contributed by atoms with Crippen LogP contribution in [0.15, 0.2) is 12.1 Å². The zero-order chi connectivity index (χ0) is 13.5. The van der Waals surface area contributed by atoms with Gasteiger partial charge in [0, 0.05) is 0 Å². The Kier molecular flexibility index (Phi) is 3.73. The molecule has 2 atom stereocenters. The van der Waals surface area contributed by atoms with Crippen LogP contribution in [-0.2, 0) is 0 Å². The van der Waals surface area contributed by atoms with Crippen LogP contribution in [0.3, 0.4) is 0 Å². The van der Waals surface area contributed by atoms with E-state index in [0.717, 1.165) is 16.7 Å². The van der Waals surface area contributed by atoms with Gasteiger partial charge in [-0.05, 0) is 66.8 Å². The molecule has 2 rings (SSSR count). The minimum absolute atomic E-state index is 0.00287. The van der Waals surface area contributed by atoms with Crippen molar-refractivity contribution < 1.29 is 4.39 Å². The molecule has 1 fully saturated rings. The van der Waals surface area contributed by atoms with Crippen molar-refractivity contribution in [3.8, 4) is 0 Å². The highest BCUT2D eigenvalue weighted by Gasteiger charge is 2.40. The maximum Gasteiger partial charge on any atom is 0.123 e. The number of hydrogen-bond donors (Lipinski definition) is 0. The zero-order valence-electron chi connectivity index (χ0n) is 11.7. The van der Waals surface area contributed by atoms with Crippen molar-refractivity contribution in [2.24, 2.45) is 11.3 Å². The summed E-state index contributed by atoms with van der Waals surface area (Å²) in [6.07, 6.45) is 3.66. The normalized spacial score (nSPS) is 24.2. The maximum atomic E-state index is 13.4. The van der Waals surface area contributed by atoms with Crippen molar-refractivity contribution in [1.82, 2.24) is 0 Å². The summed E-state index contributed by atoms with van der Waals surface area (Å²) in [6.45, 7) is 8.52. The molecule has 0 nitrogen and oxygen atoms in total. The third-order valence-corrected chi connectivity index (χ3v) is 5.05. The van der Waals surface area contributed by atoms with Crippen molar-refractivity contribution in [3.05, 3.63) is 34.6 Å². The number of aryl methyl sites for hydroxylation is 2. The Labute approximate surface area is 115 Å². The highest BCUT2D eigenvalue weighted by atomic mass is 35.5. The van der Waals surface area contributed by atoms with Gasteiger partial charge in [0.05, 0.1) is 5.38 Å². The summed E-state index contributed by atoms with van der Waals surface area (Å²) in [5, 5.41) is 0.00287. The van der Waals surface area contributed by atoms with Gasteiger partial charge in [0.15, 0.2) is 0 Å². The second kappa shape index (κ2) is 4.85. The molecule has 2 heteroatoms. The molecule has 1 aliphatic rings. The molecule has 1 aromatic carbocycles. The topological polar surface area (TPSA) is 0 Å². The summed E-state index contributed by atoms with van der Waals surface area (Å²) in [6, 6.07) is 3.19. The lowest BCUT2D eigenvalue weighted by Gasteiger charge is -2.32. The minimum atomic E-state index is -0.164. The van der Waals surface area contributed by atoms with E-state index >= 15 is 0 Å². The summed E-state index contributed by atoms with van der Waals surface area (Å²) < 4.78 is 13.4. The van der Waals surface area contributed by atoms with Gasteiger partial charge in [0.2, 0.25) is 0 Å². The van der Waals surface area contributed by atoms with Crippen LogP contribution in [0.2, 0.25) is 0 Å². The first-order chi connectivity index (χ1) is 8.33. The van der Waals surface area contributed by atoms with Gasteiger partial charge in [-0.3, -0.25) is 0 Å². The van der Waals surface area contributed by atoms with Gasteiger partial charge in [-0.1, -0.05) is 20.3 Å².